The summed E-state index contributed by atoms with van der Waals surface area (Å²) in [7, 11) is 0. The number of aromatic nitrogens is 1. The first-order chi connectivity index (χ1) is 17.5. The molecule has 0 aliphatic carbocycles. The molecule has 36 heavy (non-hydrogen) atoms. The van der Waals surface area contributed by atoms with Crippen LogP contribution in [-0.2, 0) is 6.42 Å². The minimum Gasteiger partial charge on any atom is -0.474 e. The van der Waals surface area contributed by atoms with Crippen LogP contribution < -0.4 is 10.6 Å². The minimum absolute atomic E-state index is 0.0110. The van der Waals surface area contributed by atoms with Crippen molar-refractivity contribution in [1.82, 2.24) is 9.58 Å². The van der Waals surface area contributed by atoms with Crippen molar-refractivity contribution in [3.8, 4) is 5.75 Å². The van der Waals surface area contributed by atoms with Gasteiger partial charge in [0.15, 0.2) is 12.0 Å². The summed E-state index contributed by atoms with van der Waals surface area (Å²) in [4.78, 5) is 16.5. The van der Waals surface area contributed by atoms with Crippen LogP contribution in [0.25, 0.3) is 10.9 Å². The highest BCUT2D eigenvalue weighted by Gasteiger charge is 2.27. The number of rotatable bonds is 15. The lowest BCUT2D eigenvalue weighted by Gasteiger charge is -2.32. The lowest BCUT2D eigenvalue weighted by molar-refractivity contribution is 0.0198. The van der Waals surface area contributed by atoms with Crippen LogP contribution in [0.5, 0.6) is 5.75 Å². The van der Waals surface area contributed by atoms with Gasteiger partial charge in [-0.05, 0) is 56.7 Å². The molecule has 0 saturated carbocycles. The van der Waals surface area contributed by atoms with E-state index in [0.717, 1.165) is 86.6 Å². The van der Waals surface area contributed by atoms with E-state index < -0.39 is 0 Å². The van der Waals surface area contributed by atoms with Crippen LogP contribution in [0.3, 0.4) is 0 Å². The Labute approximate surface area is 217 Å². The van der Waals surface area contributed by atoms with Gasteiger partial charge in [0.2, 0.25) is 0 Å². The molecule has 1 heterocycles. The molecule has 1 atom stereocenters. The number of fused-ring (bicyclic) bond motifs is 1. The van der Waals surface area contributed by atoms with Gasteiger partial charge in [-0.3, -0.25) is 14.4 Å². The second-order valence-electron chi connectivity index (χ2n) is 9.79. The van der Waals surface area contributed by atoms with Gasteiger partial charge in [-0.25, -0.2) is 0 Å². The zero-order valence-corrected chi connectivity index (χ0v) is 23.0. The first kappa shape index (κ1) is 27.8. The van der Waals surface area contributed by atoms with Gasteiger partial charge in [-0.2, -0.15) is 0 Å². The Morgan fingerprint density at radius 1 is 0.944 bits per heavy atom. The monoisotopic (exact) mass is 491 g/mol. The third-order valence-electron chi connectivity index (χ3n) is 7.17. The first-order valence-electron chi connectivity index (χ1n) is 13.9. The Balaban J connectivity index is 2.17. The average molecular weight is 492 g/mol. The van der Waals surface area contributed by atoms with E-state index in [2.05, 4.69) is 32.6 Å². The summed E-state index contributed by atoms with van der Waals surface area (Å²) >= 11 is 0. The molecular weight excluding hydrogens is 446 g/mol. The Kier molecular flexibility index (Phi) is 10.4. The zero-order valence-electron chi connectivity index (χ0n) is 23.0. The molecule has 2 aromatic carbocycles. The van der Waals surface area contributed by atoms with Gasteiger partial charge < -0.3 is 10.6 Å². The fourth-order valence-corrected chi connectivity index (χ4v) is 4.99. The average Bonchev–Trinajstić information content (AvgIpc) is 3.15. The molecule has 196 valence electrons. The molecule has 5 nitrogen and oxygen atoms in total. The maximum absolute atomic E-state index is 14.1. The molecule has 0 bridgehead atoms. The van der Waals surface area contributed by atoms with Crippen LogP contribution in [0.4, 0.5) is 0 Å². The van der Waals surface area contributed by atoms with Crippen molar-refractivity contribution in [2.75, 3.05) is 18.9 Å². The number of unbranched alkanes of at least 4 members (excludes halogenated alkanes) is 3. The number of carbonyl (C=O) groups is 1. The molecule has 3 rings (SSSR count). The van der Waals surface area contributed by atoms with E-state index >= 15 is 0 Å². The number of nitrogen functional groups attached to an aromatic ring is 1. The molecule has 0 amide bonds. The van der Waals surface area contributed by atoms with Crippen molar-refractivity contribution < 1.29 is 9.53 Å². The Morgan fingerprint density at radius 2 is 1.58 bits per heavy atom. The standard InChI is InChI=1S/C31H45N3O2/c1-6-10-18-25-23(5)34(32)26-19-20-27(30(29(25)26)31(35)24-16-14-13-15-17-24)36-28(9-4)33(21-11-7-2)22-12-8-3/h13-17,19-20,28H,6-12,18,21-22,32H2,1-5H3. The fourth-order valence-electron chi connectivity index (χ4n) is 4.99. The van der Waals surface area contributed by atoms with E-state index in [0.29, 0.717) is 16.9 Å². The molecule has 0 saturated heterocycles. The van der Waals surface area contributed by atoms with Crippen molar-refractivity contribution in [2.24, 2.45) is 0 Å². The highest BCUT2D eigenvalue weighted by Crippen LogP contribution is 2.37. The van der Waals surface area contributed by atoms with Crippen LogP contribution >= 0.6 is 0 Å². The smallest absolute Gasteiger partial charge is 0.197 e. The Hall–Kier alpha value is -2.79. The van der Waals surface area contributed by atoms with Crippen LogP contribution in [0.1, 0.15) is 99.8 Å². The van der Waals surface area contributed by atoms with Crippen molar-refractivity contribution in [3.63, 3.8) is 0 Å². The molecule has 1 aromatic heterocycles. The maximum Gasteiger partial charge on any atom is 0.197 e. The molecule has 0 spiro atoms. The van der Waals surface area contributed by atoms with Crippen molar-refractivity contribution in [2.45, 2.75) is 92.2 Å². The molecule has 3 aromatic rings. The van der Waals surface area contributed by atoms with Gasteiger partial charge in [0.05, 0.1) is 11.1 Å². The predicted octanol–water partition coefficient (Wildman–Crippen LogP) is 7.25. The van der Waals surface area contributed by atoms with E-state index in [9.17, 15) is 4.79 Å². The number of nitrogens with two attached hydrogens (primary N) is 1. The Bertz CT molecular complexity index is 1110. The SMILES string of the molecule is CCCCc1c(C)n(N)c2ccc(OC(CC)N(CCCC)CCCC)c(C(=O)c3ccccc3)c12. The minimum atomic E-state index is -0.0805. The van der Waals surface area contributed by atoms with Gasteiger partial charge >= 0.3 is 0 Å². The summed E-state index contributed by atoms with van der Waals surface area (Å²) in [6.07, 6.45) is 8.34. The van der Waals surface area contributed by atoms with Crippen LogP contribution in [0.2, 0.25) is 0 Å². The normalized spacial score (nSPS) is 12.4. The summed E-state index contributed by atoms with van der Waals surface area (Å²) < 4.78 is 8.50. The largest absolute Gasteiger partial charge is 0.474 e. The molecule has 2 N–H and O–H groups in total. The van der Waals surface area contributed by atoms with Gasteiger partial charge in [-0.1, -0.05) is 77.3 Å². The summed E-state index contributed by atoms with van der Waals surface area (Å²) in [6.45, 7) is 12.9. The van der Waals surface area contributed by atoms with E-state index in [-0.39, 0.29) is 12.0 Å². The van der Waals surface area contributed by atoms with Gasteiger partial charge in [0, 0.05) is 29.7 Å². The summed E-state index contributed by atoms with van der Waals surface area (Å²) in [5, 5.41) is 0.943. The quantitative estimate of drug-likeness (QED) is 0.138. The molecule has 5 heteroatoms. The molecule has 0 aliphatic rings. The molecule has 0 fully saturated rings. The summed E-state index contributed by atoms with van der Waals surface area (Å²) in [6, 6.07) is 13.5. The number of hydrogen-bond donors (Lipinski definition) is 1. The van der Waals surface area contributed by atoms with E-state index in [4.69, 9.17) is 10.6 Å². The van der Waals surface area contributed by atoms with Crippen LogP contribution in [0.15, 0.2) is 42.5 Å². The number of ketones is 1. The zero-order chi connectivity index (χ0) is 26.1. The molecule has 0 aliphatic heterocycles. The van der Waals surface area contributed by atoms with Crippen LogP contribution in [0, 0.1) is 6.92 Å². The third-order valence-corrected chi connectivity index (χ3v) is 7.17. The second kappa shape index (κ2) is 13.5. The predicted molar refractivity (Wildman–Crippen MR) is 151 cm³/mol. The summed E-state index contributed by atoms with van der Waals surface area (Å²) in [5.74, 6) is 7.16. The molecule has 1 unspecified atom stereocenters. The lowest BCUT2D eigenvalue weighted by atomic mass is 9.94. The van der Waals surface area contributed by atoms with Crippen molar-refractivity contribution >= 4 is 16.7 Å². The topological polar surface area (TPSA) is 60.5 Å². The van der Waals surface area contributed by atoms with E-state index in [1.165, 1.54) is 0 Å². The van der Waals surface area contributed by atoms with E-state index in [1.807, 2.05) is 49.4 Å². The third kappa shape index (κ3) is 6.12. The number of ether oxygens (including phenoxy) is 1. The number of aryl methyl sites for hydroxylation is 1. The number of carbonyl (C=O) groups excluding carboxylic acids is 1. The highest BCUT2D eigenvalue weighted by molar-refractivity contribution is 6.19. The molecular formula is C31H45N3O2. The first-order valence-corrected chi connectivity index (χ1v) is 13.9. The van der Waals surface area contributed by atoms with Crippen molar-refractivity contribution in [1.29, 1.82) is 0 Å². The summed E-state index contributed by atoms with van der Waals surface area (Å²) in [5.41, 5.74) is 4.35. The van der Waals surface area contributed by atoms with E-state index in [1.54, 1.807) is 4.68 Å². The van der Waals surface area contributed by atoms with Gasteiger partial charge in [0.1, 0.15) is 5.75 Å². The fraction of sp³-hybridized carbons (Fsp3) is 0.516. The van der Waals surface area contributed by atoms with Gasteiger partial charge in [0.25, 0.3) is 0 Å². The maximum atomic E-state index is 14.1. The highest BCUT2D eigenvalue weighted by atomic mass is 16.5. The number of hydrogen-bond acceptors (Lipinski definition) is 4. The van der Waals surface area contributed by atoms with Crippen molar-refractivity contribution in [3.05, 3.63) is 64.8 Å². The Morgan fingerprint density at radius 3 is 2.17 bits per heavy atom. The second-order valence-corrected chi connectivity index (χ2v) is 9.79. The van der Waals surface area contributed by atoms with Crippen LogP contribution in [-0.4, -0.2) is 34.7 Å². The lowest BCUT2D eigenvalue weighted by Crippen LogP contribution is -2.40. The number of nitrogens with zero attached hydrogens (tertiary/aromatic N) is 2. The number of benzene rings is 2. The molecule has 0 radical (unpaired) electrons. The van der Waals surface area contributed by atoms with Gasteiger partial charge in [-0.15, -0.1) is 0 Å².